The summed E-state index contributed by atoms with van der Waals surface area (Å²) in [6.07, 6.45) is 0. The molecule has 0 aromatic heterocycles. The van der Waals surface area contributed by atoms with Crippen LogP contribution in [0.2, 0.25) is 0 Å². The zero-order valence-corrected chi connectivity index (χ0v) is 11.2. The van der Waals surface area contributed by atoms with Gasteiger partial charge in [-0.05, 0) is 12.5 Å². The molecule has 0 aliphatic carbocycles. The van der Waals surface area contributed by atoms with Crippen molar-refractivity contribution < 1.29 is 0 Å². The Kier molecular flexibility index (Phi) is 4.67. The molecule has 15 heavy (non-hydrogen) atoms. The molecule has 4 heteroatoms. The van der Waals surface area contributed by atoms with Crippen LogP contribution in [0.1, 0.15) is 11.1 Å². The molecule has 1 aliphatic rings. The first-order chi connectivity index (χ1) is 6.75. The lowest BCUT2D eigenvalue weighted by Gasteiger charge is -2.16. The predicted octanol–water partition coefficient (Wildman–Crippen LogP) is 3.06. The van der Waals surface area contributed by atoms with E-state index in [1.54, 1.807) is 11.8 Å². The summed E-state index contributed by atoms with van der Waals surface area (Å²) < 4.78 is 0. The second kappa shape index (κ2) is 5.56. The first-order valence-corrected chi connectivity index (χ1v) is 5.76. The number of halogens is 1. The third kappa shape index (κ3) is 3.24. The fraction of sp³-hybridized carbons (Fsp3) is 0.364. The van der Waals surface area contributed by atoms with Gasteiger partial charge in [0.05, 0.1) is 0 Å². The summed E-state index contributed by atoms with van der Waals surface area (Å²) in [7, 11) is 0. The Morgan fingerprint density at radius 3 is 2.53 bits per heavy atom. The van der Waals surface area contributed by atoms with Gasteiger partial charge in [-0.3, -0.25) is 5.41 Å². The SMILES string of the molecule is Br.Cc1ccc(CN2CCSC2=N)cc1. The van der Waals surface area contributed by atoms with Gasteiger partial charge in [0.1, 0.15) is 0 Å². The summed E-state index contributed by atoms with van der Waals surface area (Å²) in [5, 5.41) is 8.40. The van der Waals surface area contributed by atoms with Gasteiger partial charge in [-0.2, -0.15) is 0 Å². The van der Waals surface area contributed by atoms with Crippen LogP contribution in [0.4, 0.5) is 0 Å². The Labute approximate surface area is 105 Å². The number of thioether (sulfide) groups is 1. The minimum atomic E-state index is 0. The first-order valence-electron chi connectivity index (χ1n) is 4.77. The molecule has 0 radical (unpaired) electrons. The molecular weight excluding hydrogens is 272 g/mol. The molecule has 0 amide bonds. The van der Waals surface area contributed by atoms with Crippen LogP contribution in [-0.4, -0.2) is 22.4 Å². The van der Waals surface area contributed by atoms with E-state index in [0.29, 0.717) is 5.17 Å². The van der Waals surface area contributed by atoms with E-state index in [0.717, 1.165) is 18.8 Å². The summed E-state index contributed by atoms with van der Waals surface area (Å²) in [5.74, 6) is 1.06. The fourth-order valence-electron chi connectivity index (χ4n) is 1.51. The van der Waals surface area contributed by atoms with Crippen molar-refractivity contribution in [3.8, 4) is 0 Å². The molecule has 82 valence electrons. The van der Waals surface area contributed by atoms with Crippen molar-refractivity contribution in [3.05, 3.63) is 35.4 Å². The van der Waals surface area contributed by atoms with Crippen LogP contribution in [0, 0.1) is 12.3 Å². The lowest BCUT2D eigenvalue weighted by Crippen LogP contribution is -2.22. The highest BCUT2D eigenvalue weighted by molar-refractivity contribution is 8.93. The normalized spacial score (nSPS) is 15.3. The highest BCUT2D eigenvalue weighted by Crippen LogP contribution is 2.18. The molecule has 2 rings (SSSR count). The molecule has 1 fully saturated rings. The van der Waals surface area contributed by atoms with E-state index in [4.69, 9.17) is 5.41 Å². The monoisotopic (exact) mass is 286 g/mol. The summed E-state index contributed by atoms with van der Waals surface area (Å²) in [6, 6.07) is 8.54. The molecule has 1 saturated heterocycles. The van der Waals surface area contributed by atoms with Gasteiger partial charge in [0.2, 0.25) is 0 Å². The molecule has 0 spiro atoms. The summed E-state index contributed by atoms with van der Waals surface area (Å²) in [4.78, 5) is 2.12. The molecule has 0 saturated carbocycles. The van der Waals surface area contributed by atoms with Crippen LogP contribution in [0.3, 0.4) is 0 Å². The fourth-order valence-corrected chi connectivity index (χ4v) is 2.35. The number of benzene rings is 1. The van der Waals surface area contributed by atoms with Gasteiger partial charge in [-0.25, -0.2) is 0 Å². The van der Waals surface area contributed by atoms with Crippen LogP contribution < -0.4 is 0 Å². The maximum absolute atomic E-state index is 7.69. The molecule has 1 N–H and O–H groups in total. The number of hydrogen-bond acceptors (Lipinski definition) is 2. The molecule has 1 aromatic rings. The van der Waals surface area contributed by atoms with E-state index in [1.807, 2.05) is 0 Å². The second-order valence-corrected chi connectivity index (χ2v) is 4.64. The Morgan fingerprint density at radius 2 is 2.00 bits per heavy atom. The molecule has 0 unspecified atom stereocenters. The van der Waals surface area contributed by atoms with E-state index >= 15 is 0 Å². The Hall–Kier alpha value is -0.480. The van der Waals surface area contributed by atoms with Crippen molar-refractivity contribution in [2.45, 2.75) is 13.5 Å². The number of rotatable bonds is 2. The van der Waals surface area contributed by atoms with Gasteiger partial charge >= 0.3 is 0 Å². The third-order valence-electron chi connectivity index (χ3n) is 2.38. The maximum atomic E-state index is 7.69. The minimum Gasteiger partial charge on any atom is -0.347 e. The standard InChI is InChI=1S/C11H14N2S.BrH/c1-9-2-4-10(5-3-9)8-13-6-7-14-11(13)12;/h2-5,12H,6-8H2,1H3;1H. The molecule has 0 bridgehead atoms. The smallest absolute Gasteiger partial charge is 0.156 e. The van der Waals surface area contributed by atoms with Crippen LogP contribution in [0.5, 0.6) is 0 Å². The zero-order chi connectivity index (χ0) is 9.97. The van der Waals surface area contributed by atoms with Crippen LogP contribution >= 0.6 is 28.7 Å². The Morgan fingerprint density at radius 1 is 1.33 bits per heavy atom. The molecular formula is C11H15BrN2S. The van der Waals surface area contributed by atoms with Gasteiger partial charge in [0.15, 0.2) is 5.17 Å². The summed E-state index contributed by atoms with van der Waals surface area (Å²) >= 11 is 1.64. The zero-order valence-electron chi connectivity index (χ0n) is 8.69. The number of aryl methyl sites for hydroxylation is 1. The Bertz CT molecular complexity index is 337. The van der Waals surface area contributed by atoms with Gasteiger partial charge in [0.25, 0.3) is 0 Å². The summed E-state index contributed by atoms with van der Waals surface area (Å²) in [6.45, 7) is 3.99. The van der Waals surface area contributed by atoms with Crippen molar-refractivity contribution in [1.29, 1.82) is 5.41 Å². The quantitative estimate of drug-likeness (QED) is 0.905. The number of hydrogen-bond donors (Lipinski definition) is 1. The molecule has 2 nitrogen and oxygen atoms in total. The minimum absolute atomic E-state index is 0. The molecule has 1 heterocycles. The van der Waals surface area contributed by atoms with E-state index in [-0.39, 0.29) is 17.0 Å². The van der Waals surface area contributed by atoms with Crippen molar-refractivity contribution >= 4 is 33.9 Å². The third-order valence-corrected chi connectivity index (χ3v) is 3.30. The van der Waals surface area contributed by atoms with Crippen LogP contribution in [0.25, 0.3) is 0 Å². The van der Waals surface area contributed by atoms with Crippen LogP contribution in [0.15, 0.2) is 24.3 Å². The van der Waals surface area contributed by atoms with Gasteiger partial charge in [-0.15, -0.1) is 17.0 Å². The van der Waals surface area contributed by atoms with Gasteiger partial charge in [-0.1, -0.05) is 41.6 Å². The molecule has 0 atom stereocenters. The highest BCUT2D eigenvalue weighted by atomic mass is 79.9. The van der Waals surface area contributed by atoms with Crippen molar-refractivity contribution in [2.24, 2.45) is 0 Å². The lowest BCUT2D eigenvalue weighted by atomic mass is 10.1. The van der Waals surface area contributed by atoms with Crippen molar-refractivity contribution in [1.82, 2.24) is 4.90 Å². The van der Waals surface area contributed by atoms with Crippen molar-refractivity contribution in [3.63, 3.8) is 0 Å². The van der Waals surface area contributed by atoms with Crippen LogP contribution in [-0.2, 0) is 6.54 Å². The predicted molar refractivity (Wildman–Crippen MR) is 72.1 cm³/mol. The highest BCUT2D eigenvalue weighted by Gasteiger charge is 2.17. The van der Waals surface area contributed by atoms with E-state index in [2.05, 4.69) is 36.1 Å². The number of nitrogens with zero attached hydrogens (tertiary/aromatic N) is 1. The van der Waals surface area contributed by atoms with E-state index in [1.165, 1.54) is 11.1 Å². The maximum Gasteiger partial charge on any atom is 0.156 e. The molecule has 1 aliphatic heterocycles. The van der Waals surface area contributed by atoms with Crippen molar-refractivity contribution in [2.75, 3.05) is 12.3 Å². The summed E-state index contributed by atoms with van der Waals surface area (Å²) in [5.41, 5.74) is 2.59. The van der Waals surface area contributed by atoms with E-state index < -0.39 is 0 Å². The first kappa shape index (κ1) is 12.6. The largest absolute Gasteiger partial charge is 0.347 e. The topological polar surface area (TPSA) is 27.1 Å². The van der Waals surface area contributed by atoms with Gasteiger partial charge < -0.3 is 4.90 Å². The number of nitrogens with one attached hydrogen (secondary N) is 1. The van der Waals surface area contributed by atoms with Gasteiger partial charge in [0, 0.05) is 18.8 Å². The number of amidine groups is 1. The average molecular weight is 287 g/mol. The average Bonchev–Trinajstić information content (AvgIpc) is 2.56. The second-order valence-electron chi connectivity index (χ2n) is 3.56. The lowest BCUT2D eigenvalue weighted by molar-refractivity contribution is 0.455. The molecule has 1 aromatic carbocycles. The van der Waals surface area contributed by atoms with E-state index in [9.17, 15) is 0 Å². The Balaban J connectivity index is 0.00000112.